The number of nitrogens with zero attached hydrogens (tertiary/aromatic N) is 1. The van der Waals surface area contributed by atoms with Crippen molar-refractivity contribution < 1.29 is 23.9 Å². The number of hydrogen-bond acceptors (Lipinski definition) is 5. The van der Waals surface area contributed by atoms with E-state index < -0.39 is 5.97 Å². The maximum atomic E-state index is 11.0. The summed E-state index contributed by atoms with van der Waals surface area (Å²) in [4.78, 5) is 11.0. The van der Waals surface area contributed by atoms with E-state index in [0.717, 1.165) is 83.4 Å². The molecule has 0 radical (unpaired) electrons. The molecule has 3 rings (SSSR count). The summed E-state index contributed by atoms with van der Waals surface area (Å²) in [6.45, 7) is 7.39. The molecule has 172 valence electrons. The van der Waals surface area contributed by atoms with Crippen LogP contribution in [0.2, 0.25) is 0 Å². The summed E-state index contributed by atoms with van der Waals surface area (Å²) < 4.78 is 17.7. The van der Waals surface area contributed by atoms with Crippen LogP contribution in [-0.2, 0) is 30.5 Å². The van der Waals surface area contributed by atoms with E-state index >= 15 is 0 Å². The number of carboxylic acids is 1. The van der Waals surface area contributed by atoms with Crippen LogP contribution < -0.4 is 9.47 Å². The minimum absolute atomic E-state index is 0.0280. The maximum Gasteiger partial charge on any atom is 0.307 e. The molecule has 6 heteroatoms. The molecule has 0 unspecified atom stereocenters. The van der Waals surface area contributed by atoms with Crippen LogP contribution in [0.15, 0.2) is 34.9 Å². The number of aryl methyl sites for hydroxylation is 3. The standard InChI is InChI=1S/C26H33NO5/c1-4-8-19-16-18(17-25(28)29)10-12-23(19)30-14-7-15-31-24-13-11-20-22(6-3)27-32-26(20)21(24)9-5-2/h10-13,16H,4-9,14-15,17H2,1-3H3,(H,28,29). The molecule has 0 amide bonds. The van der Waals surface area contributed by atoms with Gasteiger partial charge in [0.05, 0.1) is 25.3 Å². The summed E-state index contributed by atoms with van der Waals surface area (Å²) in [5, 5.41) is 14.3. The highest BCUT2D eigenvalue weighted by Gasteiger charge is 2.15. The first kappa shape index (κ1) is 23.6. The zero-order valence-electron chi connectivity index (χ0n) is 19.3. The van der Waals surface area contributed by atoms with Gasteiger partial charge in [-0.05, 0) is 48.6 Å². The first-order valence-corrected chi connectivity index (χ1v) is 11.6. The number of rotatable bonds is 13. The normalized spacial score (nSPS) is 11.1. The summed E-state index contributed by atoms with van der Waals surface area (Å²) in [7, 11) is 0. The summed E-state index contributed by atoms with van der Waals surface area (Å²) in [5.41, 5.74) is 4.75. The molecule has 3 aromatic rings. The molecule has 0 saturated carbocycles. The number of hydrogen-bond donors (Lipinski definition) is 1. The first-order valence-electron chi connectivity index (χ1n) is 11.6. The van der Waals surface area contributed by atoms with Crippen molar-refractivity contribution in [3.8, 4) is 11.5 Å². The van der Waals surface area contributed by atoms with Crippen molar-refractivity contribution >= 4 is 16.9 Å². The second-order valence-electron chi connectivity index (χ2n) is 7.96. The molecule has 1 N–H and O–H groups in total. The van der Waals surface area contributed by atoms with Gasteiger partial charge in [0.15, 0.2) is 5.58 Å². The highest BCUT2D eigenvalue weighted by molar-refractivity contribution is 5.84. The third-order valence-corrected chi connectivity index (χ3v) is 5.41. The molecular formula is C26H33NO5. The fourth-order valence-electron chi connectivity index (χ4n) is 3.91. The Bertz CT molecular complexity index is 1040. The van der Waals surface area contributed by atoms with Gasteiger partial charge in [-0.2, -0.15) is 0 Å². The third-order valence-electron chi connectivity index (χ3n) is 5.41. The van der Waals surface area contributed by atoms with Crippen molar-refractivity contribution in [3.05, 3.63) is 52.7 Å². The number of aliphatic carboxylic acids is 1. The van der Waals surface area contributed by atoms with Crippen LogP contribution in [0.3, 0.4) is 0 Å². The Kier molecular flexibility index (Phi) is 8.54. The van der Waals surface area contributed by atoms with Crippen molar-refractivity contribution in [3.63, 3.8) is 0 Å². The molecular weight excluding hydrogens is 406 g/mol. The van der Waals surface area contributed by atoms with Crippen LogP contribution in [-0.4, -0.2) is 29.4 Å². The Labute approximate surface area is 189 Å². The lowest BCUT2D eigenvalue weighted by atomic mass is 10.0. The monoisotopic (exact) mass is 439 g/mol. The van der Waals surface area contributed by atoms with Crippen LogP contribution >= 0.6 is 0 Å². The van der Waals surface area contributed by atoms with Crippen LogP contribution in [0.4, 0.5) is 0 Å². The molecule has 2 aromatic carbocycles. The van der Waals surface area contributed by atoms with Crippen molar-refractivity contribution in [2.24, 2.45) is 0 Å². The predicted octanol–water partition coefficient (Wildman–Crippen LogP) is 5.77. The van der Waals surface area contributed by atoms with Crippen LogP contribution in [0.5, 0.6) is 11.5 Å². The molecule has 0 spiro atoms. The average molecular weight is 440 g/mol. The molecule has 0 aliphatic rings. The maximum absolute atomic E-state index is 11.0. The number of ether oxygens (including phenoxy) is 2. The Hall–Kier alpha value is -3.02. The quantitative estimate of drug-likeness (QED) is 0.341. The second kappa shape index (κ2) is 11.6. The minimum atomic E-state index is -0.824. The molecule has 0 bridgehead atoms. The Morgan fingerprint density at radius 1 is 1.00 bits per heavy atom. The molecule has 1 heterocycles. The van der Waals surface area contributed by atoms with E-state index in [9.17, 15) is 4.79 Å². The molecule has 0 saturated heterocycles. The number of carboxylic acid groups (broad SMARTS) is 1. The molecule has 0 aliphatic heterocycles. The van der Waals surface area contributed by atoms with Crippen LogP contribution in [0.25, 0.3) is 11.0 Å². The number of carbonyl (C=O) groups is 1. The zero-order chi connectivity index (χ0) is 22.9. The van der Waals surface area contributed by atoms with Gasteiger partial charge in [0.25, 0.3) is 0 Å². The van der Waals surface area contributed by atoms with Crippen molar-refractivity contribution in [1.82, 2.24) is 5.16 Å². The molecule has 32 heavy (non-hydrogen) atoms. The summed E-state index contributed by atoms with van der Waals surface area (Å²) in [5.74, 6) is 0.848. The Morgan fingerprint density at radius 2 is 1.72 bits per heavy atom. The van der Waals surface area contributed by atoms with Crippen molar-refractivity contribution in [2.75, 3.05) is 13.2 Å². The van der Waals surface area contributed by atoms with Gasteiger partial charge in [-0.1, -0.05) is 50.9 Å². The lowest BCUT2D eigenvalue weighted by Crippen LogP contribution is -2.08. The van der Waals surface area contributed by atoms with E-state index in [4.69, 9.17) is 19.1 Å². The SMILES string of the molecule is CCCc1cc(CC(=O)O)ccc1OCCCOc1ccc2c(CC)noc2c1CCC. The second-order valence-corrected chi connectivity index (χ2v) is 7.96. The largest absolute Gasteiger partial charge is 0.493 e. The van der Waals surface area contributed by atoms with E-state index in [1.807, 2.05) is 30.3 Å². The van der Waals surface area contributed by atoms with Crippen molar-refractivity contribution in [2.45, 2.75) is 65.7 Å². The van der Waals surface area contributed by atoms with Gasteiger partial charge in [-0.25, -0.2) is 0 Å². The topological polar surface area (TPSA) is 81.8 Å². The van der Waals surface area contributed by atoms with E-state index in [1.165, 1.54) is 0 Å². The van der Waals surface area contributed by atoms with E-state index in [2.05, 4.69) is 25.9 Å². The highest BCUT2D eigenvalue weighted by atomic mass is 16.5. The van der Waals surface area contributed by atoms with Crippen LogP contribution in [0.1, 0.15) is 62.4 Å². The van der Waals surface area contributed by atoms with Gasteiger partial charge >= 0.3 is 5.97 Å². The number of benzene rings is 2. The van der Waals surface area contributed by atoms with E-state index in [1.54, 1.807) is 0 Å². The van der Waals surface area contributed by atoms with Gasteiger partial charge in [0, 0.05) is 17.4 Å². The van der Waals surface area contributed by atoms with E-state index in [0.29, 0.717) is 13.2 Å². The summed E-state index contributed by atoms with van der Waals surface area (Å²) >= 11 is 0. The van der Waals surface area contributed by atoms with Gasteiger partial charge in [0.1, 0.15) is 11.5 Å². The summed E-state index contributed by atoms with van der Waals surface area (Å²) in [6.07, 6.45) is 5.32. The highest BCUT2D eigenvalue weighted by Crippen LogP contribution is 2.31. The zero-order valence-corrected chi connectivity index (χ0v) is 19.3. The molecule has 0 fully saturated rings. The number of fused-ring (bicyclic) bond motifs is 1. The van der Waals surface area contributed by atoms with Crippen LogP contribution in [0, 0.1) is 0 Å². The fourth-order valence-corrected chi connectivity index (χ4v) is 3.91. The Morgan fingerprint density at radius 3 is 2.41 bits per heavy atom. The fraction of sp³-hybridized carbons (Fsp3) is 0.462. The van der Waals surface area contributed by atoms with Crippen molar-refractivity contribution in [1.29, 1.82) is 0 Å². The lowest BCUT2D eigenvalue weighted by molar-refractivity contribution is -0.136. The summed E-state index contributed by atoms with van der Waals surface area (Å²) in [6, 6.07) is 9.70. The smallest absolute Gasteiger partial charge is 0.307 e. The third kappa shape index (κ3) is 5.81. The lowest BCUT2D eigenvalue weighted by Gasteiger charge is -2.14. The number of aromatic nitrogens is 1. The molecule has 6 nitrogen and oxygen atoms in total. The molecule has 0 aliphatic carbocycles. The van der Waals surface area contributed by atoms with Gasteiger partial charge in [0.2, 0.25) is 0 Å². The van der Waals surface area contributed by atoms with Gasteiger partial charge in [-0.15, -0.1) is 0 Å². The van der Waals surface area contributed by atoms with E-state index in [-0.39, 0.29) is 6.42 Å². The Balaban J connectivity index is 1.59. The predicted molar refractivity (Wildman–Crippen MR) is 125 cm³/mol. The average Bonchev–Trinajstić information content (AvgIpc) is 3.19. The minimum Gasteiger partial charge on any atom is -0.493 e. The van der Waals surface area contributed by atoms with Gasteiger partial charge < -0.3 is 19.1 Å². The van der Waals surface area contributed by atoms with Gasteiger partial charge in [-0.3, -0.25) is 4.79 Å². The molecule has 0 atom stereocenters. The molecule has 1 aromatic heterocycles. The first-order chi connectivity index (χ1) is 15.6.